The Morgan fingerprint density at radius 2 is 2.21 bits per heavy atom. The largest absolute Gasteiger partial charge is 0.382 e. The summed E-state index contributed by atoms with van der Waals surface area (Å²) in [6.45, 7) is 3.20. The van der Waals surface area contributed by atoms with E-state index >= 15 is 0 Å². The summed E-state index contributed by atoms with van der Waals surface area (Å²) in [6, 6.07) is 3.85. The van der Waals surface area contributed by atoms with Crippen LogP contribution in [-0.2, 0) is 0 Å². The number of pyridine rings is 1. The second kappa shape index (κ2) is 6.24. The van der Waals surface area contributed by atoms with Gasteiger partial charge in [0.15, 0.2) is 0 Å². The molecule has 14 heavy (non-hydrogen) atoms. The van der Waals surface area contributed by atoms with E-state index in [0.29, 0.717) is 5.82 Å². The summed E-state index contributed by atoms with van der Waals surface area (Å²) in [5, 5.41) is 3.28. The van der Waals surface area contributed by atoms with Crippen LogP contribution in [0.4, 0.5) is 11.5 Å². The zero-order valence-electron chi connectivity index (χ0n) is 8.79. The van der Waals surface area contributed by atoms with E-state index in [9.17, 15) is 0 Å². The predicted octanol–water partition coefficient (Wildman–Crippen LogP) is 2.66. The highest BCUT2D eigenvalue weighted by atomic mass is 14.9. The first kappa shape index (κ1) is 10.8. The zero-order valence-corrected chi connectivity index (χ0v) is 8.79. The van der Waals surface area contributed by atoms with E-state index < -0.39 is 0 Å². The molecule has 1 rings (SSSR count). The molecule has 0 atom stereocenters. The van der Waals surface area contributed by atoms with Gasteiger partial charge in [-0.05, 0) is 18.6 Å². The molecule has 0 saturated carbocycles. The monoisotopic (exact) mass is 193 g/mol. The van der Waals surface area contributed by atoms with Gasteiger partial charge in [-0.25, -0.2) is 4.98 Å². The number of nitrogens with zero attached hydrogens (tertiary/aromatic N) is 1. The summed E-state index contributed by atoms with van der Waals surface area (Å²) in [4.78, 5) is 4.01. The number of hydrogen-bond donors (Lipinski definition) is 2. The summed E-state index contributed by atoms with van der Waals surface area (Å²) in [6.07, 6.45) is 6.77. The molecule has 0 aliphatic heterocycles. The van der Waals surface area contributed by atoms with Crippen molar-refractivity contribution in [1.29, 1.82) is 0 Å². The molecule has 0 radical (unpaired) electrons. The third kappa shape index (κ3) is 3.64. The first-order valence-electron chi connectivity index (χ1n) is 5.29. The third-order valence-corrected chi connectivity index (χ3v) is 2.18. The van der Waals surface area contributed by atoms with Gasteiger partial charge in [0.05, 0.1) is 5.69 Å². The molecule has 0 aliphatic rings. The highest BCUT2D eigenvalue weighted by Crippen LogP contribution is 2.13. The van der Waals surface area contributed by atoms with Crippen LogP contribution in [0.2, 0.25) is 0 Å². The first-order chi connectivity index (χ1) is 6.84. The Balaban J connectivity index is 2.21. The molecule has 0 saturated heterocycles. The van der Waals surface area contributed by atoms with Crippen LogP contribution < -0.4 is 11.1 Å². The van der Waals surface area contributed by atoms with Crippen molar-refractivity contribution in [3.05, 3.63) is 18.3 Å². The average Bonchev–Trinajstić information content (AvgIpc) is 2.20. The molecule has 3 heteroatoms. The predicted molar refractivity (Wildman–Crippen MR) is 61.3 cm³/mol. The van der Waals surface area contributed by atoms with Gasteiger partial charge in [0, 0.05) is 12.7 Å². The maximum atomic E-state index is 5.69. The highest BCUT2D eigenvalue weighted by molar-refractivity contribution is 5.60. The molecule has 0 unspecified atom stereocenters. The summed E-state index contributed by atoms with van der Waals surface area (Å²) < 4.78 is 0. The lowest BCUT2D eigenvalue weighted by Crippen LogP contribution is -2.04. The third-order valence-electron chi connectivity index (χ3n) is 2.18. The summed E-state index contributed by atoms with van der Waals surface area (Å²) in [5.41, 5.74) is 6.64. The van der Waals surface area contributed by atoms with E-state index in [1.807, 2.05) is 12.1 Å². The van der Waals surface area contributed by atoms with Gasteiger partial charge in [-0.3, -0.25) is 0 Å². The molecule has 0 aliphatic carbocycles. The van der Waals surface area contributed by atoms with Crippen molar-refractivity contribution in [2.45, 2.75) is 32.6 Å². The Hall–Kier alpha value is -1.25. The lowest BCUT2D eigenvalue weighted by atomic mass is 10.2. The van der Waals surface area contributed by atoms with Crippen molar-refractivity contribution >= 4 is 11.5 Å². The lowest BCUT2D eigenvalue weighted by Gasteiger charge is -2.07. The number of anilines is 2. The fraction of sp³-hybridized carbons (Fsp3) is 0.545. The quantitative estimate of drug-likeness (QED) is 0.683. The minimum Gasteiger partial charge on any atom is -0.382 e. The van der Waals surface area contributed by atoms with Gasteiger partial charge in [-0.15, -0.1) is 0 Å². The molecule has 78 valence electrons. The minimum absolute atomic E-state index is 0.586. The van der Waals surface area contributed by atoms with Crippen LogP contribution in [0.5, 0.6) is 0 Å². The van der Waals surface area contributed by atoms with Gasteiger partial charge in [-0.1, -0.05) is 26.2 Å². The number of nitrogens with one attached hydrogen (secondary N) is 1. The molecule has 0 amide bonds. The standard InChI is InChI=1S/C11H19N3/c1-2-3-4-5-8-13-10-7-6-9-14-11(10)12/h6-7,9,13H,2-5,8H2,1H3,(H2,12,14). The van der Waals surface area contributed by atoms with Gasteiger partial charge in [0.1, 0.15) is 5.82 Å². The first-order valence-corrected chi connectivity index (χ1v) is 5.29. The van der Waals surface area contributed by atoms with Crippen LogP contribution in [0, 0.1) is 0 Å². The van der Waals surface area contributed by atoms with Gasteiger partial charge in [0.2, 0.25) is 0 Å². The van der Waals surface area contributed by atoms with E-state index in [-0.39, 0.29) is 0 Å². The second-order valence-electron chi connectivity index (χ2n) is 3.42. The molecule has 0 spiro atoms. The number of rotatable bonds is 6. The Morgan fingerprint density at radius 3 is 2.93 bits per heavy atom. The van der Waals surface area contributed by atoms with Crippen LogP contribution in [0.25, 0.3) is 0 Å². The van der Waals surface area contributed by atoms with Gasteiger partial charge in [-0.2, -0.15) is 0 Å². The summed E-state index contributed by atoms with van der Waals surface area (Å²) in [5.74, 6) is 0.586. The fourth-order valence-corrected chi connectivity index (χ4v) is 1.34. The van der Waals surface area contributed by atoms with E-state index in [0.717, 1.165) is 12.2 Å². The number of unbranched alkanes of at least 4 members (excludes halogenated alkanes) is 3. The molecule has 3 nitrogen and oxygen atoms in total. The second-order valence-corrected chi connectivity index (χ2v) is 3.42. The Bertz CT molecular complexity index is 260. The van der Waals surface area contributed by atoms with Crippen LogP contribution in [0.1, 0.15) is 32.6 Å². The number of nitrogens with two attached hydrogens (primary N) is 1. The Labute approximate surface area is 85.7 Å². The number of hydrogen-bond acceptors (Lipinski definition) is 3. The number of aromatic nitrogens is 1. The van der Waals surface area contributed by atoms with Crippen molar-refractivity contribution in [1.82, 2.24) is 4.98 Å². The molecule has 1 aromatic heterocycles. The molecule has 0 fully saturated rings. The maximum absolute atomic E-state index is 5.69. The van der Waals surface area contributed by atoms with Gasteiger partial charge in [0.25, 0.3) is 0 Å². The average molecular weight is 193 g/mol. The van der Waals surface area contributed by atoms with E-state index in [1.165, 1.54) is 25.7 Å². The van der Waals surface area contributed by atoms with E-state index in [4.69, 9.17) is 5.73 Å². The summed E-state index contributed by atoms with van der Waals surface area (Å²) in [7, 11) is 0. The Morgan fingerprint density at radius 1 is 1.36 bits per heavy atom. The molecule has 1 heterocycles. The lowest BCUT2D eigenvalue weighted by molar-refractivity contribution is 0.685. The van der Waals surface area contributed by atoms with E-state index in [1.54, 1.807) is 6.20 Å². The van der Waals surface area contributed by atoms with Crippen LogP contribution in [-0.4, -0.2) is 11.5 Å². The topological polar surface area (TPSA) is 50.9 Å². The van der Waals surface area contributed by atoms with E-state index in [2.05, 4.69) is 17.2 Å². The SMILES string of the molecule is CCCCCCNc1cccnc1N. The van der Waals surface area contributed by atoms with Crippen LogP contribution >= 0.6 is 0 Å². The Kier molecular flexibility index (Phi) is 4.83. The smallest absolute Gasteiger partial charge is 0.146 e. The number of nitrogen functional groups attached to an aromatic ring is 1. The molecule has 0 aromatic carbocycles. The van der Waals surface area contributed by atoms with Gasteiger partial charge >= 0.3 is 0 Å². The molecule has 3 N–H and O–H groups in total. The zero-order chi connectivity index (χ0) is 10.2. The highest BCUT2D eigenvalue weighted by Gasteiger charge is 1.96. The van der Waals surface area contributed by atoms with Crippen molar-refractivity contribution in [3.8, 4) is 0 Å². The molecule has 1 aromatic rings. The fourth-order valence-electron chi connectivity index (χ4n) is 1.34. The molecule has 0 bridgehead atoms. The molecular formula is C11H19N3. The maximum Gasteiger partial charge on any atom is 0.146 e. The van der Waals surface area contributed by atoms with Crippen LogP contribution in [0.3, 0.4) is 0 Å². The van der Waals surface area contributed by atoms with Crippen molar-refractivity contribution in [2.75, 3.05) is 17.6 Å². The minimum atomic E-state index is 0.586. The van der Waals surface area contributed by atoms with Gasteiger partial charge < -0.3 is 11.1 Å². The molecular weight excluding hydrogens is 174 g/mol. The van der Waals surface area contributed by atoms with Crippen molar-refractivity contribution < 1.29 is 0 Å². The van der Waals surface area contributed by atoms with Crippen molar-refractivity contribution in [3.63, 3.8) is 0 Å². The summed E-state index contributed by atoms with van der Waals surface area (Å²) >= 11 is 0. The van der Waals surface area contributed by atoms with Crippen molar-refractivity contribution in [2.24, 2.45) is 0 Å². The van der Waals surface area contributed by atoms with Crippen LogP contribution in [0.15, 0.2) is 18.3 Å². The normalized spacial score (nSPS) is 10.1.